The molecule has 8 heteroatoms. The van der Waals surface area contributed by atoms with Crippen LogP contribution in [-0.4, -0.2) is 44.2 Å². The molecule has 0 spiro atoms. The summed E-state index contributed by atoms with van der Waals surface area (Å²) in [6, 6.07) is 4.72. The van der Waals surface area contributed by atoms with Crippen molar-refractivity contribution in [3.8, 4) is 0 Å². The van der Waals surface area contributed by atoms with Crippen molar-refractivity contribution in [3.63, 3.8) is 0 Å². The van der Waals surface area contributed by atoms with Crippen LogP contribution in [0.3, 0.4) is 0 Å². The molecule has 0 unspecified atom stereocenters. The van der Waals surface area contributed by atoms with Crippen molar-refractivity contribution in [1.29, 1.82) is 0 Å². The van der Waals surface area contributed by atoms with E-state index in [-0.39, 0.29) is 29.0 Å². The van der Waals surface area contributed by atoms with Gasteiger partial charge < -0.3 is 10.6 Å². The van der Waals surface area contributed by atoms with Gasteiger partial charge >= 0.3 is 0 Å². The molecule has 130 valence electrons. The number of sulfonamides is 1. The fraction of sp³-hybridized carbons (Fsp3) is 0.500. The average molecular weight is 351 g/mol. The molecule has 0 saturated carbocycles. The van der Waals surface area contributed by atoms with Gasteiger partial charge in [-0.25, -0.2) is 8.42 Å². The maximum absolute atomic E-state index is 12.8. The van der Waals surface area contributed by atoms with Crippen molar-refractivity contribution in [2.45, 2.75) is 31.1 Å². The average Bonchev–Trinajstić information content (AvgIpc) is 2.94. The van der Waals surface area contributed by atoms with Crippen LogP contribution in [0.25, 0.3) is 0 Å². The Morgan fingerprint density at radius 2 is 2.04 bits per heavy atom. The van der Waals surface area contributed by atoms with E-state index in [1.165, 1.54) is 10.4 Å². The number of fused-ring (bicyclic) bond motifs is 1. The lowest BCUT2D eigenvalue weighted by molar-refractivity contribution is -0.126. The van der Waals surface area contributed by atoms with Crippen LogP contribution in [0, 0.1) is 5.92 Å². The Kier molecular flexibility index (Phi) is 4.60. The van der Waals surface area contributed by atoms with Crippen LogP contribution in [0.2, 0.25) is 0 Å². The molecule has 1 saturated heterocycles. The Morgan fingerprint density at radius 1 is 1.33 bits per heavy atom. The van der Waals surface area contributed by atoms with E-state index in [1.54, 1.807) is 12.1 Å². The highest BCUT2D eigenvalue weighted by atomic mass is 32.2. The zero-order valence-electron chi connectivity index (χ0n) is 13.5. The van der Waals surface area contributed by atoms with Gasteiger partial charge in [0.05, 0.1) is 11.3 Å². The zero-order valence-corrected chi connectivity index (χ0v) is 14.4. The molecule has 1 aromatic carbocycles. The maximum Gasteiger partial charge on any atom is 0.243 e. The predicted molar refractivity (Wildman–Crippen MR) is 88.9 cm³/mol. The smallest absolute Gasteiger partial charge is 0.243 e. The SMILES string of the molecule is CCNC(=O)C1CCN(S(=O)(=O)c2ccc3c(c2)CC(=O)N3)CC1. The van der Waals surface area contributed by atoms with Gasteiger partial charge in [0.25, 0.3) is 0 Å². The first kappa shape index (κ1) is 16.9. The second-order valence-electron chi connectivity index (χ2n) is 6.12. The monoisotopic (exact) mass is 351 g/mol. The number of hydrogen-bond donors (Lipinski definition) is 2. The highest BCUT2D eigenvalue weighted by Crippen LogP contribution is 2.29. The summed E-state index contributed by atoms with van der Waals surface area (Å²) >= 11 is 0. The molecule has 2 N–H and O–H groups in total. The number of nitrogens with one attached hydrogen (secondary N) is 2. The molecule has 0 atom stereocenters. The summed E-state index contributed by atoms with van der Waals surface area (Å²) in [5.74, 6) is -0.253. The van der Waals surface area contributed by atoms with E-state index in [9.17, 15) is 18.0 Å². The molecule has 24 heavy (non-hydrogen) atoms. The van der Waals surface area contributed by atoms with Crippen molar-refractivity contribution in [1.82, 2.24) is 9.62 Å². The van der Waals surface area contributed by atoms with Crippen LogP contribution in [0.1, 0.15) is 25.3 Å². The number of amides is 2. The summed E-state index contributed by atoms with van der Waals surface area (Å²) < 4.78 is 27.0. The second kappa shape index (κ2) is 6.52. The minimum absolute atomic E-state index is 0.00309. The van der Waals surface area contributed by atoms with E-state index in [0.29, 0.717) is 43.7 Å². The maximum atomic E-state index is 12.8. The topological polar surface area (TPSA) is 95.6 Å². The van der Waals surface area contributed by atoms with Crippen molar-refractivity contribution in [2.24, 2.45) is 5.92 Å². The fourth-order valence-corrected chi connectivity index (χ4v) is 4.71. The normalized spacial score (nSPS) is 19.0. The largest absolute Gasteiger partial charge is 0.356 e. The Hall–Kier alpha value is -1.93. The zero-order chi connectivity index (χ0) is 17.3. The highest BCUT2D eigenvalue weighted by molar-refractivity contribution is 7.89. The molecule has 2 aliphatic heterocycles. The summed E-state index contributed by atoms with van der Waals surface area (Å²) in [7, 11) is -3.60. The Morgan fingerprint density at radius 3 is 2.71 bits per heavy atom. The molecule has 3 rings (SSSR count). The summed E-state index contributed by atoms with van der Waals surface area (Å²) in [6.07, 6.45) is 1.25. The molecule has 1 fully saturated rings. The van der Waals surface area contributed by atoms with Crippen LogP contribution in [0.15, 0.2) is 23.1 Å². The van der Waals surface area contributed by atoms with E-state index in [0.717, 1.165) is 0 Å². The molecule has 1 aromatic rings. The van der Waals surface area contributed by atoms with Crippen LogP contribution in [0.5, 0.6) is 0 Å². The number of hydrogen-bond acceptors (Lipinski definition) is 4. The van der Waals surface area contributed by atoms with Gasteiger partial charge in [-0.2, -0.15) is 4.31 Å². The van der Waals surface area contributed by atoms with Crippen molar-refractivity contribution < 1.29 is 18.0 Å². The fourth-order valence-electron chi connectivity index (χ4n) is 3.19. The number of rotatable bonds is 4. The third-order valence-corrected chi connectivity index (χ3v) is 6.41. The third kappa shape index (κ3) is 3.16. The molecule has 2 aliphatic rings. The first-order chi connectivity index (χ1) is 11.4. The van der Waals surface area contributed by atoms with E-state index < -0.39 is 10.0 Å². The Bertz CT molecular complexity index is 768. The standard InChI is InChI=1S/C16H21N3O4S/c1-2-17-16(21)11-5-7-19(8-6-11)24(22,23)13-3-4-14-12(9-13)10-15(20)18-14/h3-4,9,11H,2,5-8,10H2,1H3,(H,17,21)(H,18,20). The molecule has 0 bridgehead atoms. The van der Waals surface area contributed by atoms with E-state index in [2.05, 4.69) is 10.6 Å². The van der Waals surface area contributed by atoms with Gasteiger partial charge in [0.2, 0.25) is 21.8 Å². The lowest BCUT2D eigenvalue weighted by Crippen LogP contribution is -2.42. The molecule has 0 aliphatic carbocycles. The van der Waals surface area contributed by atoms with Crippen LogP contribution < -0.4 is 10.6 Å². The van der Waals surface area contributed by atoms with Crippen LogP contribution in [0.4, 0.5) is 5.69 Å². The first-order valence-corrected chi connectivity index (χ1v) is 9.56. The molecule has 2 heterocycles. The summed E-state index contributed by atoms with van der Waals surface area (Å²) in [5, 5.41) is 5.48. The molecule has 2 amide bonds. The number of piperidine rings is 1. The molecule has 0 aromatic heterocycles. The number of carbonyl (C=O) groups is 2. The summed E-state index contributed by atoms with van der Waals surface area (Å²) in [5.41, 5.74) is 1.38. The molecule has 0 radical (unpaired) electrons. The van der Waals surface area contributed by atoms with Crippen LogP contribution in [-0.2, 0) is 26.0 Å². The van der Waals surface area contributed by atoms with E-state index in [4.69, 9.17) is 0 Å². The minimum atomic E-state index is -3.60. The van der Waals surface area contributed by atoms with Gasteiger partial charge in [0.15, 0.2) is 0 Å². The van der Waals surface area contributed by atoms with Gasteiger partial charge in [0.1, 0.15) is 0 Å². The first-order valence-electron chi connectivity index (χ1n) is 8.12. The van der Waals surface area contributed by atoms with Crippen LogP contribution >= 0.6 is 0 Å². The molecular formula is C16H21N3O4S. The Balaban J connectivity index is 1.72. The number of anilines is 1. The number of nitrogens with zero attached hydrogens (tertiary/aromatic N) is 1. The minimum Gasteiger partial charge on any atom is -0.356 e. The third-order valence-electron chi connectivity index (χ3n) is 4.52. The quantitative estimate of drug-likeness (QED) is 0.835. The lowest BCUT2D eigenvalue weighted by Gasteiger charge is -2.30. The van der Waals surface area contributed by atoms with Crippen molar-refractivity contribution in [3.05, 3.63) is 23.8 Å². The van der Waals surface area contributed by atoms with Gasteiger partial charge in [-0.15, -0.1) is 0 Å². The van der Waals surface area contributed by atoms with E-state index in [1.807, 2.05) is 6.92 Å². The second-order valence-corrected chi connectivity index (χ2v) is 8.05. The number of benzene rings is 1. The highest BCUT2D eigenvalue weighted by Gasteiger charge is 2.32. The van der Waals surface area contributed by atoms with Crippen molar-refractivity contribution >= 4 is 27.5 Å². The summed E-state index contributed by atoms with van der Waals surface area (Å²) in [4.78, 5) is 23.5. The summed E-state index contributed by atoms with van der Waals surface area (Å²) in [6.45, 7) is 3.11. The molecular weight excluding hydrogens is 330 g/mol. The van der Waals surface area contributed by atoms with Gasteiger partial charge in [-0.05, 0) is 43.5 Å². The lowest BCUT2D eigenvalue weighted by atomic mass is 9.97. The Labute approximate surface area is 141 Å². The van der Waals surface area contributed by atoms with E-state index >= 15 is 0 Å². The van der Waals surface area contributed by atoms with Gasteiger partial charge in [-0.3, -0.25) is 9.59 Å². The van der Waals surface area contributed by atoms with Crippen molar-refractivity contribution in [2.75, 3.05) is 25.0 Å². The molecule has 7 nitrogen and oxygen atoms in total. The van der Waals surface area contributed by atoms with Gasteiger partial charge in [0, 0.05) is 31.2 Å². The number of carbonyl (C=O) groups excluding carboxylic acids is 2. The van der Waals surface area contributed by atoms with Gasteiger partial charge in [-0.1, -0.05) is 0 Å². The predicted octanol–water partition coefficient (Wildman–Crippen LogP) is 0.718.